The van der Waals surface area contributed by atoms with Crippen molar-refractivity contribution < 1.29 is 28.5 Å². The van der Waals surface area contributed by atoms with Crippen LogP contribution in [-0.2, 0) is 9.59 Å². The third-order valence-corrected chi connectivity index (χ3v) is 7.24. The maximum Gasteiger partial charge on any atom is 0.272 e. The molecule has 8 heteroatoms. The summed E-state index contributed by atoms with van der Waals surface area (Å²) in [6.45, 7) is 0.0192. The van der Waals surface area contributed by atoms with Gasteiger partial charge in [-0.3, -0.25) is 14.5 Å². The zero-order chi connectivity index (χ0) is 27.2. The molecule has 0 aromatic heterocycles. The van der Waals surface area contributed by atoms with E-state index in [1.54, 1.807) is 37.4 Å². The number of para-hydroxylation sites is 2. The summed E-state index contributed by atoms with van der Waals surface area (Å²) in [5.41, 5.74) is 1.17. The van der Waals surface area contributed by atoms with Crippen LogP contribution in [0.15, 0.2) is 72.8 Å². The van der Waals surface area contributed by atoms with Crippen molar-refractivity contribution in [3.63, 3.8) is 0 Å². The average Bonchev–Trinajstić information content (AvgIpc) is 2.99. The van der Waals surface area contributed by atoms with Gasteiger partial charge in [0.2, 0.25) is 12.0 Å². The molecule has 2 atom stereocenters. The Hall–Kier alpha value is -4.20. The number of hydrogen-bond donors (Lipinski definition) is 1. The average molecular weight is 531 g/mol. The molecule has 5 rings (SSSR count). The van der Waals surface area contributed by atoms with E-state index in [4.69, 9.17) is 18.9 Å². The molecule has 2 amide bonds. The number of carbonyl (C=O) groups is 2. The van der Waals surface area contributed by atoms with Gasteiger partial charge in [0, 0.05) is 17.8 Å². The highest BCUT2D eigenvalue weighted by Crippen LogP contribution is 2.38. The second-order valence-electron chi connectivity index (χ2n) is 9.77. The maximum atomic E-state index is 14.3. The second-order valence-corrected chi connectivity index (χ2v) is 9.77. The summed E-state index contributed by atoms with van der Waals surface area (Å²) in [5, 5.41) is 3.23. The number of nitrogens with zero attached hydrogens (tertiary/aromatic N) is 1. The Labute approximate surface area is 228 Å². The quantitative estimate of drug-likeness (QED) is 0.438. The molecule has 0 radical (unpaired) electrons. The smallest absolute Gasteiger partial charge is 0.272 e. The molecule has 1 heterocycles. The van der Waals surface area contributed by atoms with Gasteiger partial charge in [-0.2, -0.15) is 0 Å². The fourth-order valence-electron chi connectivity index (χ4n) is 5.25. The summed E-state index contributed by atoms with van der Waals surface area (Å²) < 4.78 is 23.0. The highest BCUT2D eigenvalue weighted by Gasteiger charge is 2.40. The van der Waals surface area contributed by atoms with Crippen LogP contribution in [0.5, 0.6) is 23.0 Å². The van der Waals surface area contributed by atoms with E-state index in [0.717, 1.165) is 25.7 Å². The number of ether oxygens (including phenoxy) is 4. The molecule has 0 unspecified atom stereocenters. The monoisotopic (exact) mass is 530 g/mol. The Morgan fingerprint density at radius 3 is 2.28 bits per heavy atom. The lowest BCUT2D eigenvalue weighted by Crippen LogP contribution is -2.52. The van der Waals surface area contributed by atoms with E-state index < -0.39 is 18.1 Å². The van der Waals surface area contributed by atoms with Crippen molar-refractivity contribution >= 4 is 17.5 Å². The number of carbonyl (C=O) groups excluding carboxylic acids is 2. The second kappa shape index (κ2) is 12.1. The van der Waals surface area contributed by atoms with Crippen LogP contribution in [0.25, 0.3) is 0 Å². The maximum absolute atomic E-state index is 14.3. The lowest BCUT2D eigenvalue weighted by molar-refractivity contribution is -0.132. The zero-order valence-corrected chi connectivity index (χ0v) is 22.3. The van der Waals surface area contributed by atoms with Crippen molar-refractivity contribution in [1.29, 1.82) is 0 Å². The van der Waals surface area contributed by atoms with Crippen molar-refractivity contribution in [2.45, 2.75) is 50.3 Å². The lowest BCUT2D eigenvalue weighted by atomic mass is 9.94. The van der Waals surface area contributed by atoms with E-state index >= 15 is 0 Å². The standard InChI is InChI=1S/C31H34N2O6/c1-36-24-18-17-23(19-27(24)37-2)33(31(35)28-20-38-25-15-9-10-16-26(25)39-28)29(21-11-5-3-6-12-21)30(34)32-22-13-7-4-8-14-22/h3,5-6,9-12,15-19,22,28-29H,4,7-8,13-14,20H2,1-2H3,(H,32,34)/t28-,29-/m0/s1. The molecular formula is C31H34N2O6. The van der Waals surface area contributed by atoms with Gasteiger partial charge in [0.1, 0.15) is 12.6 Å². The lowest BCUT2D eigenvalue weighted by Gasteiger charge is -2.36. The number of benzene rings is 3. The van der Waals surface area contributed by atoms with Crippen LogP contribution >= 0.6 is 0 Å². The number of nitrogens with one attached hydrogen (secondary N) is 1. The van der Waals surface area contributed by atoms with Gasteiger partial charge in [0.05, 0.1) is 14.2 Å². The number of amides is 2. The van der Waals surface area contributed by atoms with Crippen molar-refractivity contribution in [2.75, 3.05) is 25.7 Å². The molecular weight excluding hydrogens is 496 g/mol. The number of fused-ring (bicyclic) bond motifs is 1. The Balaban J connectivity index is 1.57. The highest BCUT2D eigenvalue weighted by molar-refractivity contribution is 6.04. The Bertz CT molecular complexity index is 1290. The van der Waals surface area contributed by atoms with Crippen LogP contribution in [0.4, 0.5) is 5.69 Å². The molecule has 0 spiro atoms. The van der Waals surface area contributed by atoms with Crippen molar-refractivity contribution in [3.05, 3.63) is 78.4 Å². The molecule has 1 fully saturated rings. The van der Waals surface area contributed by atoms with Gasteiger partial charge in [-0.25, -0.2) is 0 Å². The minimum absolute atomic E-state index is 0.0192. The SMILES string of the molecule is COc1ccc(N(C(=O)[C@@H]2COc3ccccc3O2)[C@H](C(=O)NC2CCCCC2)c2ccccc2)cc1OC. The summed E-state index contributed by atoms with van der Waals surface area (Å²) >= 11 is 0. The van der Waals surface area contributed by atoms with Crippen LogP contribution in [0.2, 0.25) is 0 Å². The summed E-state index contributed by atoms with van der Waals surface area (Å²) in [7, 11) is 3.09. The molecule has 204 valence electrons. The minimum Gasteiger partial charge on any atom is -0.493 e. The molecule has 3 aromatic carbocycles. The summed E-state index contributed by atoms with van der Waals surface area (Å²) in [4.78, 5) is 29.9. The van der Waals surface area contributed by atoms with Crippen molar-refractivity contribution in [3.8, 4) is 23.0 Å². The van der Waals surface area contributed by atoms with Crippen LogP contribution in [0.1, 0.15) is 43.7 Å². The summed E-state index contributed by atoms with van der Waals surface area (Å²) in [6, 6.07) is 20.9. The number of methoxy groups -OCH3 is 2. The Kier molecular flexibility index (Phi) is 8.20. The van der Waals surface area contributed by atoms with Crippen LogP contribution in [0.3, 0.4) is 0 Å². The van der Waals surface area contributed by atoms with Crippen molar-refractivity contribution in [2.24, 2.45) is 0 Å². The molecule has 8 nitrogen and oxygen atoms in total. The van der Waals surface area contributed by atoms with E-state index in [0.29, 0.717) is 34.2 Å². The van der Waals surface area contributed by atoms with E-state index in [1.165, 1.54) is 18.4 Å². The van der Waals surface area contributed by atoms with E-state index in [9.17, 15) is 9.59 Å². The van der Waals surface area contributed by atoms with E-state index in [2.05, 4.69) is 5.32 Å². The Morgan fingerprint density at radius 2 is 1.56 bits per heavy atom. The predicted octanol–water partition coefficient (Wildman–Crippen LogP) is 5.07. The summed E-state index contributed by atoms with van der Waals surface area (Å²) in [5.74, 6) is 1.38. The first-order valence-electron chi connectivity index (χ1n) is 13.4. The fourth-order valence-corrected chi connectivity index (χ4v) is 5.25. The molecule has 39 heavy (non-hydrogen) atoms. The molecule has 3 aromatic rings. The highest BCUT2D eigenvalue weighted by atomic mass is 16.6. The van der Waals surface area contributed by atoms with Gasteiger partial charge in [0.15, 0.2) is 23.0 Å². The topological polar surface area (TPSA) is 86.3 Å². The molecule has 0 bridgehead atoms. The number of anilines is 1. The first-order valence-corrected chi connectivity index (χ1v) is 13.4. The van der Waals surface area contributed by atoms with Gasteiger partial charge in [-0.1, -0.05) is 61.7 Å². The first-order chi connectivity index (χ1) is 19.1. The molecule has 0 saturated heterocycles. The minimum atomic E-state index is -0.957. The molecule has 1 saturated carbocycles. The van der Waals surface area contributed by atoms with Gasteiger partial charge in [-0.15, -0.1) is 0 Å². The predicted molar refractivity (Wildman–Crippen MR) is 148 cm³/mol. The van der Waals surface area contributed by atoms with Crippen LogP contribution in [-0.4, -0.2) is 44.8 Å². The molecule has 2 aliphatic rings. The Morgan fingerprint density at radius 1 is 0.872 bits per heavy atom. The normalized spacial score (nSPS) is 17.5. The van der Waals surface area contributed by atoms with Gasteiger partial charge < -0.3 is 24.3 Å². The summed E-state index contributed by atoms with van der Waals surface area (Å²) in [6.07, 6.45) is 4.21. The van der Waals surface area contributed by atoms with Crippen LogP contribution in [0, 0.1) is 0 Å². The molecule has 1 N–H and O–H groups in total. The third kappa shape index (κ3) is 5.79. The third-order valence-electron chi connectivity index (χ3n) is 7.24. The molecule has 1 aliphatic heterocycles. The van der Waals surface area contributed by atoms with Gasteiger partial charge in [0.25, 0.3) is 5.91 Å². The fraction of sp³-hybridized carbons (Fsp3) is 0.355. The zero-order valence-electron chi connectivity index (χ0n) is 22.3. The number of hydrogen-bond acceptors (Lipinski definition) is 6. The first kappa shape index (κ1) is 26.4. The van der Waals surface area contributed by atoms with Gasteiger partial charge >= 0.3 is 0 Å². The molecule has 1 aliphatic carbocycles. The van der Waals surface area contributed by atoms with E-state index in [-0.39, 0.29) is 18.6 Å². The number of rotatable bonds is 8. The largest absolute Gasteiger partial charge is 0.493 e. The van der Waals surface area contributed by atoms with Gasteiger partial charge in [-0.05, 0) is 42.7 Å². The van der Waals surface area contributed by atoms with Crippen LogP contribution < -0.4 is 29.2 Å². The van der Waals surface area contributed by atoms with Crippen molar-refractivity contribution in [1.82, 2.24) is 5.32 Å². The van der Waals surface area contributed by atoms with E-state index in [1.807, 2.05) is 42.5 Å².